The maximum absolute atomic E-state index is 11.7. The van der Waals surface area contributed by atoms with Crippen molar-refractivity contribution in [3.63, 3.8) is 0 Å². The van der Waals surface area contributed by atoms with Gasteiger partial charge in [0.05, 0.1) is 11.4 Å². The third-order valence-electron chi connectivity index (χ3n) is 5.04. The van der Waals surface area contributed by atoms with Crippen LogP contribution in [-0.4, -0.2) is 11.8 Å². The number of carbonyl (C=O) groups is 2. The first kappa shape index (κ1) is 13.3. The van der Waals surface area contributed by atoms with Gasteiger partial charge in [-0.3, -0.25) is 9.59 Å². The number of hydrogen-bond donors (Lipinski definition) is 2. The molecule has 1 aromatic carbocycles. The highest BCUT2D eigenvalue weighted by Crippen LogP contribution is 2.64. The van der Waals surface area contributed by atoms with Crippen molar-refractivity contribution in [2.75, 3.05) is 10.6 Å². The van der Waals surface area contributed by atoms with E-state index in [0.717, 1.165) is 17.8 Å². The van der Waals surface area contributed by atoms with Crippen LogP contribution in [0.4, 0.5) is 11.4 Å². The molecule has 21 heavy (non-hydrogen) atoms. The van der Waals surface area contributed by atoms with E-state index in [-0.39, 0.29) is 18.2 Å². The molecule has 1 aliphatic heterocycles. The monoisotopic (exact) mass is 348 g/mol. The molecule has 2 aliphatic carbocycles. The Morgan fingerprint density at radius 3 is 2.43 bits per heavy atom. The molecular formula is C16H17BrN2O2. The van der Waals surface area contributed by atoms with E-state index in [0.29, 0.717) is 16.2 Å². The van der Waals surface area contributed by atoms with Crippen molar-refractivity contribution in [2.45, 2.75) is 30.5 Å². The Balaban J connectivity index is 1.60. The topological polar surface area (TPSA) is 58.2 Å². The van der Waals surface area contributed by atoms with Crippen LogP contribution in [0.1, 0.15) is 36.1 Å². The number of anilines is 2. The van der Waals surface area contributed by atoms with Gasteiger partial charge < -0.3 is 10.6 Å². The lowest BCUT2D eigenvalue weighted by atomic mass is 10.0. The minimum atomic E-state index is -0.258. The van der Waals surface area contributed by atoms with Crippen LogP contribution < -0.4 is 10.6 Å². The van der Waals surface area contributed by atoms with Crippen LogP contribution >= 0.6 is 15.9 Å². The molecule has 4 nitrogen and oxygen atoms in total. The normalized spacial score (nSPS) is 31.6. The minimum Gasteiger partial charge on any atom is -0.324 e. The third-order valence-corrected chi connectivity index (χ3v) is 6.18. The Kier molecular flexibility index (Phi) is 3.06. The number of nitrogens with one attached hydrogen (secondary N) is 2. The molecule has 1 aromatic rings. The van der Waals surface area contributed by atoms with Crippen molar-refractivity contribution in [1.82, 2.24) is 0 Å². The Morgan fingerprint density at radius 2 is 1.71 bits per heavy atom. The number of hydrogen-bond acceptors (Lipinski definition) is 2. The fraction of sp³-hybridized carbons (Fsp3) is 0.500. The highest BCUT2D eigenvalue weighted by Gasteiger charge is 2.55. The van der Waals surface area contributed by atoms with Crippen molar-refractivity contribution >= 4 is 39.1 Å². The Bertz CT molecular complexity index is 621. The van der Waals surface area contributed by atoms with Crippen LogP contribution in [0.15, 0.2) is 18.2 Å². The lowest BCUT2D eigenvalue weighted by Gasteiger charge is -2.15. The summed E-state index contributed by atoms with van der Waals surface area (Å²) in [5, 5.41) is 5.58. The summed E-state index contributed by atoms with van der Waals surface area (Å²) in [6.45, 7) is 0. The van der Waals surface area contributed by atoms with Crippen LogP contribution in [0.3, 0.4) is 0 Å². The summed E-state index contributed by atoms with van der Waals surface area (Å²) in [5.74, 6) is 1.97. The molecule has 3 unspecified atom stereocenters. The zero-order valence-corrected chi connectivity index (χ0v) is 13.2. The zero-order chi connectivity index (χ0) is 14.6. The molecule has 110 valence electrons. The summed E-state index contributed by atoms with van der Waals surface area (Å²) in [6.07, 6.45) is 3.97. The van der Waals surface area contributed by atoms with Crippen molar-refractivity contribution < 1.29 is 9.59 Å². The number of alkyl halides is 1. The zero-order valence-electron chi connectivity index (χ0n) is 11.6. The van der Waals surface area contributed by atoms with Gasteiger partial charge in [-0.25, -0.2) is 0 Å². The molecule has 4 rings (SSSR count). The highest BCUT2D eigenvalue weighted by atomic mass is 79.9. The predicted molar refractivity (Wildman–Crippen MR) is 84.3 cm³/mol. The van der Waals surface area contributed by atoms with Gasteiger partial charge in [-0.2, -0.15) is 0 Å². The molecule has 3 atom stereocenters. The van der Waals surface area contributed by atoms with Crippen molar-refractivity contribution in [1.29, 1.82) is 0 Å². The SMILES string of the molecule is O=C1CC(=O)Nc2cc(C(Br)C3C4CCCC43)ccc2N1. The van der Waals surface area contributed by atoms with Gasteiger partial charge in [-0.05, 0) is 48.3 Å². The largest absolute Gasteiger partial charge is 0.324 e. The van der Waals surface area contributed by atoms with Crippen LogP contribution in [0, 0.1) is 17.8 Å². The summed E-state index contributed by atoms with van der Waals surface area (Å²) in [7, 11) is 0. The van der Waals surface area contributed by atoms with Gasteiger partial charge in [0, 0.05) is 4.83 Å². The van der Waals surface area contributed by atoms with Crippen LogP contribution in [0.25, 0.3) is 0 Å². The minimum absolute atomic E-state index is 0.117. The van der Waals surface area contributed by atoms with Gasteiger partial charge in [-0.15, -0.1) is 0 Å². The molecule has 0 spiro atoms. The Morgan fingerprint density at radius 1 is 1.05 bits per heavy atom. The lowest BCUT2D eigenvalue weighted by molar-refractivity contribution is -0.123. The molecule has 0 radical (unpaired) electrons. The van der Waals surface area contributed by atoms with E-state index in [1.807, 2.05) is 18.2 Å². The molecule has 5 heteroatoms. The molecule has 2 N–H and O–H groups in total. The maximum atomic E-state index is 11.7. The summed E-state index contributed by atoms with van der Waals surface area (Å²) in [5.41, 5.74) is 2.58. The third kappa shape index (κ3) is 2.27. The first-order valence-corrected chi connectivity index (χ1v) is 8.43. The number of rotatable bonds is 2. The predicted octanol–water partition coefficient (Wildman–Crippen LogP) is 3.45. The summed E-state index contributed by atoms with van der Waals surface area (Å²) in [6, 6.07) is 5.93. The summed E-state index contributed by atoms with van der Waals surface area (Å²) >= 11 is 3.84. The Labute approximate surface area is 131 Å². The number of fused-ring (bicyclic) bond motifs is 2. The van der Waals surface area contributed by atoms with Crippen LogP contribution in [0.2, 0.25) is 0 Å². The summed E-state index contributed by atoms with van der Waals surface area (Å²) < 4.78 is 0. The summed E-state index contributed by atoms with van der Waals surface area (Å²) in [4.78, 5) is 23.5. The smallest absolute Gasteiger partial charge is 0.233 e. The average molecular weight is 349 g/mol. The average Bonchev–Trinajstić information content (AvgIpc) is 2.97. The molecule has 0 bridgehead atoms. The van der Waals surface area contributed by atoms with Gasteiger partial charge >= 0.3 is 0 Å². The van der Waals surface area contributed by atoms with Gasteiger partial charge in [0.25, 0.3) is 0 Å². The van der Waals surface area contributed by atoms with E-state index in [1.54, 1.807) is 0 Å². The van der Waals surface area contributed by atoms with Gasteiger partial charge in [0.1, 0.15) is 6.42 Å². The maximum Gasteiger partial charge on any atom is 0.233 e. The number of halogens is 1. The fourth-order valence-corrected chi connectivity index (χ4v) is 5.08. The van der Waals surface area contributed by atoms with Crippen LogP contribution in [0.5, 0.6) is 0 Å². The first-order chi connectivity index (χ1) is 10.1. The lowest BCUT2D eigenvalue weighted by Crippen LogP contribution is -2.16. The standard InChI is InChI=1S/C16H17BrN2O2/c17-16(15-9-2-1-3-10(9)15)8-4-5-11-12(6-8)19-14(21)7-13(20)18-11/h4-6,9-10,15-16H,1-3,7H2,(H,18,20)(H,19,21). The molecule has 2 saturated carbocycles. The second-order valence-electron chi connectivity index (χ2n) is 6.32. The second-order valence-corrected chi connectivity index (χ2v) is 7.30. The van der Waals surface area contributed by atoms with Crippen molar-refractivity contribution in [3.05, 3.63) is 23.8 Å². The van der Waals surface area contributed by atoms with E-state index in [9.17, 15) is 9.59 Å². The van der Waals surface area contributed by atoms with Crippen molar-refractivity contribution in [2.24, 2.45) is 17.8 Å². The Hall–Kier alpha value is -1.36. The van der Waals surface area contributed by atoms with Gasteiger partial charge in [-0.1, -0.05) is 28.4 Å². The van der Waals surface area contributed by atoms with E-state index in [1.165, 1.54) is 24.8 Å². The molecule has 0 saturated heterocycles. The number of amides is 2. The molecular weight excluding hydrogens is 332 g/mol. The van der Waals surface area contributed by atoms with Crippen molar-refractivity contribution in [3.8, 4) is 0 Å². The molecule has 2 amide bonds. The van der Waals surface area contributed by atoms with E-state index in [2.05, 4.69) is 26.6 Å². The molecule has 2 fully saturated rings. The molecule has 1 heterocycles. The molecule has 0 aromatic heterocycles. The van der Waals surface area contributed by atoms with Gasteiger partial charge in [0.2, 0.25) is 11.8 Å². The highest BCUT2D eigenvalue weighted by molar-refractivity contribution is 9.09. The van der Waals surface area contributed by atoms with E-state index in [4.69, 9.17) is 0 Å². The number of carbonyl (C=O) groups excluding carboxylic acids is 2. The fourth-order valence-electron chi connectivity index (χ4n) is 4.01. The molecule has 3 aliphatic rings. The van der Waals surface area contributed by atoms with E-state index >= 15 is 0 Å². The van der Waals surface area contributed by atoms with E-state index < -0.39 is 0 Å². The van der Waals surface area contributed by atoms with Gasteiger partial charge in [0.15, 0.2) is 0 Å². The first-order valence-electron chi connectivity index (χ1n) is 7.51. The quantitative estimate of drug-likeness (QED) is 0.635. The number of benzene rings is 1. The second kappa shape index (κ2) is 4.83. The van der Waals surface area contributed by atoms with Crippen LogP contribution in [-0.2, 0) is 9.59 Å².